The Hall–Kier alpha value is -1.21. The third kappa shape index (κ3) is 2.32. The number of rotatable bonds is 2. The predicted molar refractivity (Wildman–Crippen MR) is 75.9 cm³/mol. The van der Waals surface area contributed by atoms with Gasteiger partial charge in [-0.3, -0.25) is 0 Å². The van der Waals surface area contributed by atoms with Crippen LogP contribution in [0.2, 0.25) is 0 Å². The largest absolute Gasteiger partial charge is 0.373 e. The average Bonchev–Trinajstić information content (AvgIpc) is 2.86. The van der Waals surface area contributed by atoms with Crippen LogP contribution in [0.4, 0.5) is 5.82 Å². The van der Waals surface area contributed by atoms with Crippen LogP contribution in [-0.4, -0.2) is 50.2 Å². The highest BCUT2D eigenvalue weighted by Crippen LogP contribution is 2.23. The normalized spacial score (nSPS) is 24.1. The van der Waals surface area contributed by atoms with Crippen molar-refractivity contribution < 1.29 is 4.74 Å². The number of nitrogens with zero attached hydrogens (tertiary/aromatic N) is 5. The summed E-state index contributed by atoms with van der Waals surface area (Å²) in [5.41, 5.74) is 0.949. The van der Waals surface area contributed by atoms with Crippen LogP contribution in [-0.2, 0) is 4.74 Å². The molecule has 0 spiro atoms. The molecule has 0 aliphatic carbocycles. The van der Waals surface area contributed by atoms with Gasteiger partial charge in [-0.1, -0.05) is 15.9 Å². The van der Waals surface area contributed by atoms with Crippen LogP contribution in [0, 0.1) is 6.92 Å². The number of hydrogen-bond donors (Lipinski definition) is 0. The predicted octanol–water partition coefficient (Wildman–Crippen LogP) is 1.42. The number of hydrogen-bond acceptors (Lipinski definition) is 5. The molecule has 102 valence electrons. The highest BCUT2D eigenvalue weighted by molar-refractivity contribution is 9.09. The highest BCUT2D eigenvalue weighted by Gasteiger charge is 2.27. The molecule has 7 heteroatoms. The van der Waals surface area contributed by atoms with Crippen molar-refractivity contribution in [3.8, 4) is 0 Å². The Kier molecular flexibility index (Phi) is 3.40. The molecule has 2 atom stereocenters. The second-order valence-corrected chi connectivity index (χ2v) is 5.49. The van der Waals surface area contributed by atoms with E-state index in [2.05, 4.69) is 48.9 Å². The molecule has 0 N–H and O–H groups in total. The third-order valence-corrected chi connectivity index (χ3v) is 4.06. The fourth-order valence-electron chi connectivity index (χ4n) is 2.35. The number of aromatic nitrogens is 4. The van der Waals surface area contributed by atoms with Gasteiger partial charge in [-0.15, -0.1) is 0 Å². The van der Waals surface area contributed by atoms with Crippen molar-refractivity contribution in [2.75, 3.05) is 23.4 Å². The molecule has 0 bridgehead atoms. The minimum absolute atomic E-state index is 0.197. The van der Waals surface area contributed by atoms with Gasteiger partial charge in [0.15, 0.2) is 0 Å². The lowest BCUT2D eigenvalue weighted by Gasteiger charge is -2.38. The molecule has 1 aliphatic heterocycles. The lowest BCUT2D eigenvalue weighted by atomic mass is 10.2. The Morgan fingerprint density at radius 1 is 1.53 bits per heavy atom. The topological polar surface area (TPSA) is 55.6 Å². The van der Waals surface area contributed by atoms with Crippen LogP contribution in [0.25, 0.3) is 5.78 Å². The number of halogens is 1. The van der Waals surface area contributed by atoms with Crippen molar-refractivity contribution in [1.82, 2.24) is 19.6 Å². The molecule has 2 aromatic heterocycles. The molecule has 0 radical (unpaired) electrons. The number of morpholine rings is 1. The molecule has 1 fully saturated rings. The lowest BCUT2D eigenvalue weighted by molar-refractivity contribution is 0.0375. The van der Waals surface area contributed by atoms with Gasteiger partial charge in [0.05, 0.1) is 18.8 Å². The lowest BCUT2D eigenvalue weighted by Crippen LogP contribution is -2.49. The van der Waals surface area contributed by atoms with Gasteiger partial charge in [-0.2, -0.15) is 14.6 Å². The number of ether oxygens (including phenoxy) is 1. The van der Waals surface area contributed by atoms with Gasteiger partial charge in [0.25, 0.3) is 5.78 Å². The van der Waals surface area contributed by atoms with E-state index in [9.17, 15) is 0 Å². The molecule has 0 aromatic carbocycles. The summed E-state index contributed by atoms with van der Waals surface area (Å²) in [7, 11) is 0. The average molecular weight is 326 g/mol. The molecular weight excluding hydrogens is 310 g/mol. The quantitative estimate of drug-likeness (QED) is 0.782. The first-order valence-corrected chi connectivity index (χ1v) is 7.43. The van der Waals surface area contributed by atoms with Crippen LogP contribution < -0.4 is 4.90 Å². The second kappa shape index (κ2) is 5.05. The van der Waals surface area contributed by atoms with Crippen LogP contribution in [0.3, 0.4) is 0 Å². The molecule has 0 amide bonds. The van der Waals surface area contributed by atoms with Crippen LogP contribution >= 0.6 is 15.9 Å². The summed E-state index contributed by atoms with van der Waals surface area (Å²) >= 11 is 3.49. The Balaban J connectivity index is 2.04. The van der Waals surface area contributed by atoms with E-state index in [0.717, 1.165) is 23.4 Å². The smallest absolute Gasteiger partial charge is 0.254 e. The molecule has 1 aliphatic rings. The second-order valence-electron chi connectivity index (χ2n) is 4.84. The van der Waals surface area contributed by atoms with Gasteiger partial charge < -0.3 is 9.64 Å². The number of alkyl halides is 1. The summed E-state index contributed by atoms with van der Waals surface area (Å²) in [6.07, 6.45) is 1.74. The van der Waals surface area contributed by atoms with Gasteiger partial charge in [0.1, 0.15) is 12.1 Å². The van der Waals surface area contributed by atoms with E-state index in [0.29, 0.717) is 18.4 Å². The van der Waals surface area contributed by atoms with Crippen LogP contribution in [0.15, 0.2) is 12.4 Å². The fourth-order valence-corrected chi connectivity index (χ4v) is 2.74. The zero-order chi connectivity index (χ0) is 13.4. The van der Waals surface area contributed by atoms with Gasteiger partial charge in [0, 0.05) is 23.6 Å². The van der Waals surface area contributed by atoms with Crippen molar-refractivity contribution in [3.05, 3.63) is 18.1 Å². The summed E-state index contributed by atoms with van der Waals surface area (Å²) < 4.78 is 7.56. The van der Waals surface area contributed by atoms with E-state index in [1.807, 2.05) is 6.92 Å². The first kappa shape index (κ1) is 12.8. The first-order valence-electron chi connectivity index (χ1n) is 6.30. The summed E-state index contributed by atoms with van der Waals surface area (Å²) in [6.45, 7) is 5.69. The fraction of sp³-hybridized carbons (Fsp3) is 0.583. The summed E-state index contributed by atoms with van der Waals surface area (Å²) in [6, 6.07) is 2.36. The summed E-state index contributed by atoms with van der Waals surface area (Å²) in [5, 5.41) is 5.10. The summed E-state index contributed by atoms with van der Waals surface area (Å²) in [5.74, 6) is 1.67. The molecule has 19 heavy (non-hydrogen) atoms. The molecule has 2 unspecified atom stereocenters. The Labute approximate surface area is 119 Å². The van der Waals surface area contributed by atoms with Crippen molar-refractivity contribution in [1.29, 1.82) is 0 Å². The van der Waals surface area contributed by atoms with E-state index < -0.39 is 0 Å². The number of aryl methyl sites for hydroxylation is 1. The van der Waals surface area contributed by atoms with Gasteiger partial charge in [-0.05, 0) is 13.8 Å². The van der Waals surface area contributed by atoms with Crippen molar-refractivity contribution in [3.63, 3.8) is 0 Å². The maximum atomic E-state index is 5.77. The third-order valence-electron chi connectivity index (χ3n) is 3.33. The van der Waals surface area contributed by atoms with Gasteiger partial charge in [0.2, 0.25) is 0 Å². The molecule has 6 nitrogen and oxygen atoms in total. The Bertz CT molecular complexity index is 587. The minimum Gasteiger partial charge on any atom is -0.373 e. The van der Waals surface area contributed by atoms with Crippen molar-refractivity contribution in [2.24, 2.45) is 0 Å². The minimum atomic E-state index is 0.197. The molecule has 1 saturated heterocycles. The van der Waals surface area contributed by atoms with Crippen LogP contribution in [0.1, 0.15) is 12.6 Å². The summed E-state index contributed by atoms with van der Waals surface area (Å²) in [4.78, 5) is 10.9. The maximum Gasteiger partial charge on any atom is 0.254 e. The van der Waals surface area contributed by atoms with Crippen molar-refractivity contribution >= 4 is 27.5 Å². The molecule has 3 heterocycles. The molecule has 2 aromatic rings. The zero-order valence-corrected chi connectivity index (χ0v) is 12.5. The van der Waals surface area contributed by atoms with E-state index in [4.69, 9.17) is 4.74 Å². The first-order chi connectivity index (χ1) is 9.19. The molecular formula is C12H16BrN5O. The number of anilines is 1. The highest BCUT2D eigenvalue weighted by atomic mass is 79.9. The van der Waals surface area contributed by atoms with Crippen LogP contribution in [0.5, 0.6) is 0 Å². The monoisotopic (exact) mass is 325 g/mol. The van der Waals surface area contributed by atoms with E-state index in [1.165, 1.54) is 0 Å². The zero-order valence-electron chi connectivity index (χ0n) is 11.0. The van der Waals surface area contributed by atoms with E-state index in [-0.39, 0.29) is 6.10 Å². The molecule has 3 rings (SSSR count). The SMILES string of the molecule is Cc1cc(N2CC(CBr)OCC2C)n2ncnc2n1. The standard InChI is InChI=1S/C12H16BrN5O/c1-8-3-11(18-12(16-8)14-7-15-18)17-5-10(4-13)19-6-9(17)2/h3,7,9-10H,4-6H2,1-2H3. The molecule has 0 saturated carbocycles. The Morgan fingerprint density at radius 2 is 2.37 bits per heavy atom. The van der Waals surface area contributed by atoms with E-state index >= 15 is 0 Å². The van der Waals surface area contributed by atoms with Crippen molar-refractivity contribution in [2.45, 2.75) is 26.0 Å². The van der Waals surface area contributed by atoms with Gasteiger partial charge >= 0.3 is 0 Å². The maximum absolute atomic E-state index is 5.77. The Morgan fingerprint density at radius 3 is 3.16 bits per heavy atom. The van der Waals surface area contributed by atoms with Gasteiger partial charge in [-0.25, -0.2) is 4.98 Å². The van der Waals surface area contributed by atoms with E-state index in [1.54, 1.807) is 10.8 Å². The number of fused-ring (bicyclic) bond motifs is 1.